The average Bonchev–Trinajstić information content (AvgIpc) is 3.52. The molecule has 4 aromatic rings. The number of anilines is 2. The van der Waals surface area contributed by atoms with Crippen LogP contribution in [0.2, 0.25) is 0 Å². The van der Waals surface area contributed by atoms with Crippen molar-refractivity contribution in [3.63, 3.8) is 0 Å². The molecule has 2 heterocycles. The van der Waals surface area contributed by atoms with E-state index in [2.05, 4.69) is 20.3 Å². The summed E-state index contributed by atoms with van der Waals surface area (Å²) < 4.78 is 16.3. The Balaban J connectivity index is 1.52. The van der Waals surface area contributed by atoms with Gasteiger partial charge in [-0.25, -0.2) is 14.1 Å². The van der Waals surface area contributed by atoms with Crippen molar-refractivity contribution in [1.29, 1.82) is 0 Å². The van der Waals surface area contributed by atoms with Crippen LogP contribution in [-0.4, -0.2) is 33.8 Å². The molecule has 0 radical (unpaired) electrons. The Morgan fingerprint density at radius 2 is 1.56 bits per heavy atom. The van der Waals surface area contributed by atoms with Crippen molar-refractivity contribution in [2.24, 2.45) is 0 Å². The number of nitrogens with one attached hydrogen (secondary N) is 1. The van der Waals surface area contributed by atoms with E-state index >= 15 is 0 Å². The fourth-order valence-electron chi connectivity index (χ4n) is 3.96. The summed E-state index contributed by atoms with van der Waals surface area (Å²) in [6.45, 7) is 1.68. The smallest absolute Gasteiger partial charge is 0.295 e. The number of carbonyl (C=O) groups excluding carboxylic acids is 1. The number of benzene rings is 3. The average molecular weight is 427 g/mol. The first-order chi connectivity index (χ1) is 15.7. The maximum Gasteiger partial charge on any atom is 0.295 e. The molecule has 1 aromatic heterocycles. The Labute approximate surface area is 185 Å². The molecule has 0 aliphatic carbocycles. The lowest BCUT2D eigenvalue weighted by molar-refractivity contribution is 0.101. The van der Waals surface area contributed by atoms with Gasteiger partial charge in [0.25, 0.3) is 5.91 Å². The molecule has 7 heteroatoms. The number of rotatable bonds is 5. The van der Waals surface area contributed by atoms with Gasteiger partial charge >= 0.3 is 0 Å². The maximum absolute atomic E-state index is 14.7. The van der Waals surface area contributed by atoms with Gasteiger partial charge in [0, 0.05) is 18.7 Å². The van der Waals surface area contributed by atoms with E-state index in [1.165, 1.54) is 6.07 Å². The van der Waals surface area contributed by atoms with Crippen LogP contribution in [0, 0.1) is 5.82 Å². The number of hydrogen-bond acceptors (Lipinski definition) is 4. The van der Waals surface area contributed by atoms with Gasteiger partial charge in [0.2, 0.25) is 5.82 Å². The quantitative estimate of drug-likeness (QED) is 0.491. The van der Waals surface area contributed by atoms with E-state index in [-0.39, 0.29) is 11.5 Å². The van der Waals surface area contributed by atoms with E-state index in [0.717, 1.165) is 37.2 Å². The van der Waals surface area contributed by atoms with E-state index in [1.54, 1.807) is 10.7 Å². The normalized spacial score (nSPS) is 13.3. The van der Waals surface area contributed by atoms with Gasteiger partial charge in [-0.3, -0.25) is 4.79 Å². The van der Waals surface area contributed by atoms with Crippen molar-refractivity contribution < 1.29 is 9.18 Å². The summed E-state index contributed by atoms with van der Waals surface area (Å²) in [5.41, 5.74) is 2.45. The first-order valence-corrected chi connectivity index (χ1v) is 10.6. The van der Waals surface area contributed by atoms with E-state index in [9.17, 15) is 9.18 Å². The fraction of sp³-hybridized carbons (Fsp3) is 0.160. The minimum Gasteiger partial charge on any atom is -0.370 e. The molecule has 0 atom stereocenters. The lowest BCUT2D eigenvalue weighted by Crippen LogP contribution is -2.22. The van der Waals surface area contributed by atoms with E-state index in [0.29, 0.717) is 11.5 Å². The standard InChI is InChI=1S/C25H22FN5O/c26-20-14-9-15-21(30-16-7-8-17-30)22(20)27-25(32)23-28-24(18-10-3-1-4-11-18)31(29-23)19-12-5-2-6-13-19/h1-6,9-15H,7-8,16-17H2,(H,27,32). The molecular formula is C25H22FN5O. The molecule has 1 aliphatic rings. The van der Waals surface area contributed by atoms with Gasteiger partial charge in [-0.15, -0.1) is 5.10 Å². The van der Waals surface area contributed by atoms with E-state index in [1.807, 2.05) is 66.7 Å². The predicted molar refractivity (Wildman–Crippen MR) is 123 cm³/mol. The van der Waals surface area contributed by atoms with Crippen LogP contribution in [0.3, 0.4) is 0 Å². The molecule has 160 valence electrons. The van der Waals surface area contributed by atoms with Crippen molar-refractivity contribution in [3.05, 3.63) is 90.5 Å². The third kappa shape index (κ3) is 3.85. The topological polar surface area (TPSA) is 63.1 Å². The lowest BCUT2D eigenvalue weighted by atomic mass is 10.2. The maximum atomic E-state index is 14.7. The second-order valence-electron chi connectivity index (χ2n) is 7.65. The molecule has 0 saturated carbocycles. The zero-order chi connectivity index (χ0) is 21.9. The van der Waals surface area contributed by atoms with E-state index < -0.39 is 11.7 Å². The van der Waals surface area contributed by atoms with Crippen molar-refractivity contribution in [3.8, 4) is 17.1 Å². The van der Waals surface area contributed by atoms with Gasteiger partial charge in [0.1, 0.15) is 11.5 Å². The Morgan fingerprint density at radius 1 is 0.875 bits per heavy atom. The number of amides is 1. The predicted octanol–water partition coefficient (Wildman–Crippen LogP) is 4.93. The molecule has 32 heavy (non-hydrogen) atoms. The van der Waals surface area contributed by atoms with Crippen molar-refractivity contribution in [1.82, 2.24) is 14.8 Å². The third-order valence-corrected chi connectivity index (χ3v) is 5.52. The Bertz CT molecular complexity index is 1180. The highest BCUT2D eigenvalue weighted by molar-refractivity contribution is 6.04. The minimum absolute atomic E-state index is 0.0247. The number of carbonyl (C=O) groups is 1. The Morgan fingerprint density at radius 3 is 2.28 bits per heavy atom. The number of halogens is 1. The molecule has 6 nitrogen and oxygen atoms in total. The molecule has 1 N–H and O–H groups in total. The molecule has 1 saturated heterocycles. The van der Waals surface area contributed by atoms with Gasteiger partial charge in [-0.2, -0.15) is 0 Å². The Hall–Kier alpha value is -4.00. The molecule has 5 rings (SSSR count). The summed E-state index contributed by atoms with van der Waals surface area (Å²) in [6.07, 6.45) is 2.10. The number of nitrogens with zero attached hydrogens (tertiary/aromatic N) is 4. The molecule has 1 fully saturated rings. The SMILES string of the molecule is O=C(Nc1c(F)cccc1N1CCCC1)c1nc(-c2ccccc2)n(-c2ccccc2)n1. The highest BCUT2D eigenvalue weighted by Crippen LogP contribution is 2.31. The molecule has 0 bridgehead atoms. The van der Waals surface area contributed by atoms with Crippen LogP contribution in [0.25, 0.3) is 17.1 Å². The number of para-hydroxylation sites is 2. The van der Waals surface area contributed by atoms with Gasteiger partial charge in [-0.1, -0.05) is 54.6 Å². The number of aromatic nitrogens is 3. The molecule has 1 amide bonds. The molecule has 0 spiro atoms. The van der Waals surface area contributed by atoms with Crippen molar-refractivity contribution in [2.75, 3.05) is 23.3 Å². The first kappa shape index (κ1) is 19.9. The van der Waals surface area contributed by atoms with Gasteiger partial charge in [-0.05, 0) is 37.1 Å². The van der Waals surface area contributed by atoms with Crippen LogP contribution in [0.15, 0.2) is 78.9 Å². The number of hydrogen-bond donors (Lipinski definition) is 1. The molecule has 3 aromatic carbocycles. The summed E-state index contributed by atoms with van der Waals surface area (Å²) >= 11 is 0. The second-order valence-corrected chi connectivity index (χ2v) is 7.65. The zero-order valence-corrected chi connectivity index (χ0v) is 17.4. The van der Waals surface area contributed by atoms with Crippen LogP contribution in [0.5, 0.6) is 0 Å². The zero-order valence-electron chi connectivity index (χ0n) is 17.4. The highest BCUT2D eigenvalue weighted by Gasteiger charge is 2.23. The van der Waals surface area contributed by atoms with Crippen LogP contribution >= 0.6 is 0 Å². The second kappa shape index (κ2) is 8.63. The van der Waals surface area contributed by atoms with Crippen LogP contribution < -0.4 is 10.2 Å². The Kier molecular flexibility index (Phi) is 5.37. The van der Waals surface area contributed by atoms with Crippen LogP contribution in [-0.2, 0) is 0 Å². The molecule has 1 aliphatic heterocycles. The highest BCUT2D eigenvalue weighted by atomic mass is 19.1. The fourth-order valence-corrected chi connectivity index (χ4v) is 3.96. The summed E-state index contributed by atoms with van der Waals surface area (Å²) in [6, 6.07) is 23.9. The monoisotopic (exact) mass is 427 g/mol. The van der Waals surface area contributed by atoms with E-state index in [4.69, 9.17) is 0 Å². The third-order valence-electron chi connectivity index (χ3n) is 5.52. The summed E-state index contributed by atoms with van der Waals surface area (Å²) in [4.78, 5) is 19.7. The minimum atomic E-state index is -0.553. The molecular weight excluding hydrogens is 405 g/mol. The summed E-state index contributed by atoms with van der Waals surface area (Å²) in [5.74, 6) is -0.519. The van der Waals surface area contributed by atoms with Crippen LogP contribution in [0.1, 0.15) is 23.5 Å². The van der Waals surface area contributed by atoms with Gasteiger partial charge in [0.15, 0.2) is 5.82 Å². The van der Waals surface area contributed by atoms with Gasteiger partial charge in [0.05, 0.1) is 11.4 Å². The van der Waals surface area contributed by atoms with Gasteiger partial charge < -0.3 is 10.2 Å². The van der Waals surface area contributed by atoms with Crippen molar-refractivity contribution >= 4 is 17.3 Å². The summed E-state index contributed by atoms with van der Waals surface area (Å²) in [5, 5.41) is 7.19. The largest absolute Gasteiger partial charge is 0.370 e. The van der Waals surface area contributed by atoms with Crippen LogP contribution in [0.4, 0.5) is 15.8 Å². The molecule has 0 unspecified atom stereocenters. The lowest BCUT2D eigenvalue weighted by Gasteiger charge is -2.21. The first-order valence-electron chi connectivity index (χ1n) is 10.6. The van der Waals surface area contributed by atoms with Crippen molar-refractivity contribution in [2.45, 2.75) is 12.8 Å². The summed E-state index contributed by atoms with van der Waals surface area (Å²) in [7, 11) is 0.